The molecule has 2 nitrogen and oxygen atoms in total. The third-order valence-corrected chi connectivity index (χ3v) is 2.44. The zero-order chi connectivity index (χ0) is 8.97. The van der Waals surface area contributed by atoms with Crippen molar-refractivity contribution < 1.29 is 0 Å². The zero-order valence-electron chi connectivity index (χ0n) is 7.42. The lowest BCUT2D eigenvalue weighted by Gasteiger charge is -2.19. The summed E-state index contributed by atoms with van der Waals surface area (Å²) in [6.45, 7) is 6.32. The van der Waals surface area contributed by atoms with Crippen LogP contribution in [0.3, 0.4) is 0 Å². The molecule has 1 rings (SSSR count). The van der Waals surface area contributed by atoms with Gasteiger partial charge in [0.1, 0.15) is 5.82 Å². The Hall–Kier alpha value is -0.320. The van der Waals surface area contributed by atoms with E-state index in [4.69, 9.17) is 0 Å². The quantitative estimate of drug-likeness (QED) is 0.789. The van der Waals surface area contributed by atoms with Crippen LogP contribution in [0.4, 0.5) is 5.82 Å². The van der Waals surface area contributed by atoms with Crippen LogP contribution < -0.4 is 4.90 Å². The number of nitrogens with zero attached hydrogens (tertiary/aromatic N) is 2. The molecule has 0 N–H and O–H groups in total. The Kier molecular flexibility index (Phi) is 3.78. The van der Waals surface area contributed by atoms with Gasteiger partial charge in [0.2, 0.25) is 0 Å². The molecule has 0 aromatic carbocycles. The minimum absolute atomic E-state index is 1.02. The van der Waals surface area contributed by atoms with E-state index in [2.05, 4.69) is 58.5 Å². The monoisotopic (exact) mass is 276 g/mol. The van der Waals surface area contributed by atoms with E-state index in [1.165, 1.54) is 3.57 Å². The van der Waals surface area contributed by atoms with E-state index in [-0.39, 0.29) is 0 Å². The van der Waals surface area contributed by atoms with Gasteiger partial charge in [-0.2, -0.15) is 0 Å². The summed E-state index contributed by atoms with van der Waals surface area (Å²) < 4.78 is 1.18. The first-order valence-electron chi connectivity index (χ1n) is 4.14. The van der Waals surface area contributed by atoms with Crippen LogP contribution in [0.15, 0.2) is 18.3 Å². The second-order valence-electron chi connectivity index (χ2n) is 2.51. The normalized spacial score (nSPS) is 9.92. The van der Waals surface area contributed by atoms with Crippen LogP contribution in [0, 0.1) is 3.57 Å². The summed E-state index contributed by atoms with van der Waals surface area (Å²) in [7, 11) is 0. The summed E-state index contributed by atoms with van der Waals surface area (Å²) in [5, 5.41) is 0. The van der Waals surface area contributed by atoms with Gasteiger partial charge in [0.15, 0.2) is 0 Å². The van der Waals surface area contributed by atoms with Gasteiger partial charge in [-0.05, 0) is 48.6 Å². The second kappa shape index (κ2) is 4.64. The Bertz CT molecular complexity index is 229. The van der Waals surface area contributed by atoms with Crippen LogP contribution in [-0.2, 0) is 0 Å². The average Bonchev–Trinajstić information content (AvgIpc) is 2.10. The van der Waals surface area contributed by atoms with E-state index in [1.54, 1.807) is 0 Å². The number of rotatable bonds is 3. The van der Waals surface area contributed by atoms with Gasteiger partial charge in [0.05, 0.1) is 0 Å². The van der Waals surface area contributed by atoms with E-state index in [1.807, 2.05) is 6.20 Å². The maximum absolute atomic E-state index is 4.34. The number of halogens is 1. The molecule has 66 valence electrons. The summed E-state index contributed by atoms with van der Waals surface area (Å²) in [5.74, 6) is 1.07. The van der Waals surface area contributed by atoms with Crippen LogP contribution >= 0.6 is 22.6 Å². The molecule has 3 heteroatoms. The lowest BCUT2D eigenvalue weighted by Crippen LogP contribution is -2.22. The maximum atomic E-state index is 4.34. The Balaban J connectivity index is 2.80. The third kappa shape index (κ3) is 2.33. The van der Waals surface area contributed by atoms with Crippen LogP contribution in [-0.4, -0.2) is 18.1 Å². The number of hydrogen-bond donors (Lipinski definition) is 0. The molecule has 0 unspecified atom stereocenters. The fraction of sp³-hybridized carbons (Fsp3) is 0.444. The molecule has 1 aromatic heterocycles. The van der Waals surface area contributed by atoms with Crippen molar-refractivity contribution in [1.29, 1.82) is 0 Å². The van der Waals surface area contributed by atoms with Crippen LogP contribution in [0.5, 0.6) is 0 Å². The molecule has 0 bridgehead atoms. The molecule has 0 amide bonds. The minimum atomic E-state index is 1.02. The van der Waals surface area contributed by atoms with Gasteiger partial charge >= 0.3 is 0 Å². The molecular weight excluding hydrogens is 263 g/mol. The SMILES string of the molecule is CCN(CC)c1ccc(I)cn1. The highest BCUT2D eigenvalue weighted by Crippen LogP contribution is 2.11. The highest BCUT2D eigenvalue weighted by Gasteiger charge is 2.00. The highest BCUT2D eigenvalue weighted by atomic mass is 127. The molecule has 0 atom stereocenters. The zero-order valence-corrected chi connectivity index (χ0v) is 9.58. The summed E-state index contributed by atoms with van der Waals surface area (Å²) in [6.07, 6.45) is 1.90. The lowest BCUT2D eigenvalue weighted by molar-refractivity contribution is 0.845. The van der Waals surface area contributed by atoms with E-state index in [0.29, 0.717) is 0 Å². The molecule has 0 aliphatic carbocycles. The maximum Gasteiger partial charge on any atom is 0.128 e. The Morgan fingerprint density at radius 1 is 1.33 bits per heavy atom. The Labute approximate surface area is 87.1 Å². The minimum Gasteiger partial charge on any atom is -0.357 e. The topological polar surface area (TPSA) is 16.1 Å². The largest absolute Gasteiger partial charge is 0.357 e. The van der Waals surface area contributed by atoms with Crippen molar-refractivity contribution in [3.63, 3.8) is 0 Å². The van der Waals surface area contributed by atoms with Crippen molar-refractivity contribution in [2.45, 2.75) is 13.8 Å². The first kappa shape index (κ1) is 9.77. The molecule has 0 aliphatic heterocycles. The fourth-order valence-corrected chi connectivity index (χ4v) is 1.42. The smallest absolute Gasteiger partial charge is 0.128 e. The van der Waals surface area contributed by atoms with E-state index in [9.17, 15) is 0 Å². The van der Waals surface area contributed by atoms with Crippen molar-refractivity contribution in [2.75, 3.05) is 18.0 Å². The van der Waals surface area contributed by atoms with Crippen LogP contribution in [0.25, 0.3) is 0 Å². The molecule has 0 saturated heterocycles. The van der Waals surface area contributed by atoms with Crippen LogP contribution in [0.2, 0.25) is 0 Å². The molecule has 1 aromatic rings. The van der Waals surface area contributed by atoms with Gasteiger partial charge in [-0.15, -0.1) is 0 Å². The Morgan fingerprint density at radius 3 is 2.42 bits per heavy atom. The summed E-state index contributed by atoms with van der Waals surface area (Å²) >= 11 is 2.26. The number of hydrogen-bond acceptors (Lipinski definition) is 2. The first-order chi connectivity index (χ1) is 5.77. The van der Waals surface area contributed by atoms with E-state index >= 15 is 0 Å². The Morgan fingerprint density at radius 2 is 2.00 bits per heavy atom. The van der Waals surface area contributed by atoms with Crippen molar-refractivity contribution in [3.05, 3.63) is 21.9 Å². The van der Waals surface area contributed by atoms with Crippen molar-refractivity contribution >= 4 is 28.4 Å². The predicted molar refractivity (Wildman–Crippen MR) is 60.5 cm³/mol. The summed E-state index contributed by atoms with van der Waals surface area (Å²) in [6, 6.07) is 4.15. The summed E-state index contributed by atoms with van der Waals surface area (Å²) in [4.78, 5) is 6.57. The number of aromatic nitrogens is 1. The first-order valence-corrected chi connectivity index (χ1v) is 5.22. The molecule has 1 heterocycles. The van der Waals surface area contributed by atoms with Crippen molar-refractivity contribution in [2.24, 2.45) is 0 Å². The van der Waals surface area contributed by atoms with Gasteiger partial charge in [-0.25, -0.2) is 4.98 Å². The molecule has 0 aliphatic rings. The fourth-order valence-electron chi connectivity index (χ4n) is 1.10. The predicted octanol–water partition coefficient (Wildman–Crippen LogP) is 2.53. The molecule has 12 heavy (non-hydrogen) atoms. The van der Waals surface area contributed by atoms with E-state index in [0.717, 1.165) is 18.9 Å². The molecular formula is C9H13IN2. The van der Waals surface area contributed by atoms with Gasteiger partial charge in [0.25, 0.3) is 0 Å². The van der Waals surface area contributed by atoms with Gasteiger partial charge in [-0.3, -0.25) is 0 Å². The molecule has 0 spiro atoms. The van der Waals surface area contributed by atoms with Crippen molar-refractivity contribution in [3.8, 4) is 0 Å². The van der Waals surface area contributed by atoms with Gasteiger partial charge in [0, 0.05) is 22.9 Å². The standard InChI is InChI=1S/C9H13IN2/c1-3-12(4-2)9-6-5-8(10)7-11-9/h5-7H,3-4H2,1-2H3. The van der Waals surface area contributed by atoms with Crippen LogP contribution in [0.1, 0.15) is 13.8 Å². The average molecular weight is 276 g/mol. The molecule has 0 radical (unpaired) electrons. The third-order valence-electron chi connectivity index (χ3n) is 1.80. The van der Waals surface area contributed by atoms with Gasteiger partial charge in [-0.1, -0.05) is 0 Å². The molecule has 0 saturated carbocycles. The van der Waals surface area contributed by atoms with Gasteiger partial charge < -0.3 is 4.90 Å². The number of pyridine rings is 1. The summed E-state index contributed by atoms with van der Waals surface area (Å²) in [5.41, 5.74) is 0. The lowest BCUT2D eigenvalue weighted by atomic mass is 10.4. The van der Waals surface area contributed by atoms with E-state index < -0.39 is 0 Å². The van der Waals surface area contributed by atoms with Crippen molar-refractivity contribution in [1.82, 2.24) is 4.98 Å². The molecule has 0 fully saturated rings. The second-order valence-corrected chi connectivity index (χ2v) is 3.75. The number of anilines is 1. The highest BCUT2D eigenvalue weighted by molar-refractivity contribution is 14.1.